The van der Waals surface area contributed by atoms with Gasteiger partial charge in [0.2, 0.25) is 0 Å². The van der Waals surface area contributed by atoms with Crippen molar-refractivity contribution in [3.8, 4) is 0 Å². The third-order valence-corrected chi connectivity index (χ3v) is 9.39. The van der Waals surface area contributed by atoms with Crippen molar-refractivity contribution in [2.45, 2.75) is 83.5 Å². The van der Waals surface area contributed by atoms with E-state index in [0.717, 1.165) is 32.1 Å². The summed E-state index contributed by atoms with van der Waals surface area (Å²) >= 11 is 0. The van der Waals surface area contributed by atoms with E-state index >= 15 is 0 Å². The van der Waals surface area contributed by atoms with Crippen LogP contribution in [0.3, 0.4) is 0 Å². The molecule has 0 aromatic carbocycles. The molecule has 5 heteroatoms. The number of esters is 1. The fraction of sp³-hybridized carbons (Fsp3) is 0.955. The summed E-state index contributed by atoms with van der Waals surface area (Å²) in [6.07, 6.45) is 4.42. The van der Waals surface area contributed by atoms with Crippen LogP contribution in [0.25, 0.3) is 0 Å². The molecule has 2 saturated heterocycles. The minimum Gasteiger partial charge on any atom is -0.469 e. The zero-order valence-corrected chi connectivity index (χ0v) is 17.5. The smallest absolute Gasteiger partial charge is 0.311 e. The number of carbonyl (C=O) groups excluding carboxylic acids is 1. The first-order valence-corrected chi connectivity index (χ1v) is 10.7. The van der Waals surface area contributed by atoms with Crippen LogP contribution >= 0.6 is 0 Å². The first kappa shape index (κ1) is 19.7. The molecule has 27 heavy (non-hydrogen) atoms. The van der Waals surface area contributed by atoms with Crippen molar-refractivity contribution in [2.75, 3.05) is 13.7 Å². The van der Waals surface area contributed by atoms with Gasteiger partial charge in [-0.25, -0.2) is 0 Å². The highest BCUT2D eigenvalue weighted by molar-refractivity contribution is 5.77. The number of carbonyl (C=O) groups is 1. The van der Waals surface area contributed by atoms with Gasteiger partial charge in [-0.15, -0.1) is 0 Å². The molecule has 5 rings (SSSR count). The van der Waals surface area contributed by atoms with Crippen LogP contribution in [0.2, 0.25) is 0 Å². The molecule has 2 N–H and O–H groups in total. The molecule has 5 nitrogen and oxygen atoms in total. The summed E-state index contributed by atoms with van der Waals surface area (Å²) in [7, 11) is 1.49. The van der Waals surface area contributed by atoms with Gasteiger partial charge in [-0.05, 0) is 62.2 Å². The first-order valence-electron chi connectivity index (χ1n) is 10.7. The van der Waals surface area contributed by atoms with E-state index in [2.05, 4.69) is 13.8 Å². The zero-order valence-electron chi connectivity index (χ0n) is 17.5. The van der Waals surface area contributed by atoms with Gasteiger partial charge < -0.3 is 19.7 Å². The van der Waals surface area contributed by atoms with Gasteiger partial charge in [0, 0.05) is 5.92 Å². The number of aliphatic hydroxyl groups is 2. The highest BCUT2D eigenvalue weighted by Gasteiger charge is 2.73. The third kappa shape index (κ3) is 2.20. The number of fused-ring (bicyclic) bond motifs is 3. The van der Waals surface area contributed by atoms with Crippen LogP contribution in [-0.4, -0.2) is 47.2 Å². The quantitative estimate of drug-likeness (QED) is 0.721. The van der Waals surface area contributed by atoms with E-state index in [9.17, 15) is 15.0 Å². The Hall–Kier alpha value is -0.650. The first-order chi connectivity index (χ1) is 12.6. The highest BCUT2D eigenvalue weighted by Crippen LogP contribution is 2.69. The second kappa shape index (κ2) is 5.93. The van der Waals surface area contributed by atoms with E-state index in [4.69, 9.17) is 9.47 Å². The predicted molar refractivity (Wildman–Crippen MR) is 101 cm³/mol. The van der Waals surface area contributed by atoms with Crippen LogP contribution in [0.4, 0.5) is 0 Å². The van der Waals surface area contributed by atoms with Crippen molar-refractivity contribution in [1.29, 1.82) is 0 Å². The third-order valence-electron chi connectivity index (χ3n) is 9.39. The second-order valence-corrected chi connectivity index (χ2v) is 10.6. The maximum atomic E-state index is 12.7. The van der Waals surface area contributed by atoms with E-state index in [1.807, 2.05) is 13.8 Å². The molecule has 0 amide bonds. The lowest BCUT2D eigenvalue weighted by Gasteiger charge is -2.71. The minimum atomic E-state index is -1.09. The van der Waals surface area contributed by atoms with Gasteiger partial charge >= 0.3 is 5.97 Å². The average molecular weight is 381 g/mol. The Morgan fingerprint density at radius 2 is 1.89 bits per heavy atom. The van der Waals surface area contributed by atoms with E-state index < -0.39 is 22.7 Å². The van der Waals surface area contributed by atoms with E-state index in [1.54, 1.807) is 0 Å². The summed E-state index contributed by atoms with van der Waals surface area (Å²) in [5.74, 6) is 0.220. The molecule has 3 saturated carbocycles. The minimum absolute atomic E-state index is 0.0172. The second-order valence-electron chi connectivity index (χ2n) is 10.6. The number of rotatable bonds is 2. The zero-order chi connectivity index (χ0) is 19.8. The summed E-state index contributed by atoms with van der Waals surface area (Å²) in [6.45, 7) is 8.89. The highest BCUT2D eigenvalue weighted by atomic mass is 16.5. The molecule has 0 radical (unpaired) electrons. The molecule has 154 valence electrons. The van der Waals surface area contributed by atoms with Crippen molar-refractivity contribution in [3.05, 3.63) is 0 Å². The summed E-state index contributed by atoms with van der Waals surface area (Å²) in [5, 5.41) is 22.8. The van der Waals surface area contributed by atoms with Crippen LogP contribution < -0.4 is 0 Å². The monoisotopic (exact) mass is 380 g/mol. The Balaban J connectivity index is 1.76. The van der Waals surface area contributed by atoms with Crippen LogP contribution in [0.5, 0.6) is 0 Å². The van der Waals surface area contributed by atoms with E-state index in [0.29, 0.717) is 13.0 Å². The van der Waals surface area contributed by atoms with E-state index in [-0.39, 0.29) is 35.1 Å². The Labute approximate surface area is 162 Å². The molecule has 0 aromatic rings. The summed E-state index contributed by atoms with van der Waals surface area (Å²) in [5.41, 5.74) is -2.33. The number of hydrogen-bond acceptors (Lipinski definition) is 5. The van der Waals surface area contributed by atoms with Crippen molar-refractivity contribution >= 4 is 5.97 Å². The molecule has 1 spiro atoms. The molecule has 5 fully saturated rings. The molecule has 0 unspecified atom stereocenters. The van der Waals surface area contributed by atoms with Crippen molar-refractivity contribution in [2.24, 2.45) is 34.5 Å². The van der Waals surface area contributed by atoms with Crippen molar-refractivity contribution in [3.63, 3.8) is 0 Å². The lowest BCUT2D eigenvalue weighted by molar-refractivity contribution is -0.361. The molecular formula is C22H36O5. The Morgan fingerprint density at radius 1 is 1.19 bits per heavy atom. The van der Waals surface area contributed by atoms with Crippen LogP contribution in [0.1, 0.15) is 66.2 Å². The van der Waals surface area contributed by atoms with Gasteiger partial charge in [0.15, 0.2) is 0 Å². The Morgan fingerprint density at radius 3 is 2.52 bits per heavy atom. The summed E-state index contributed by atoms with van der Waals surface area (Å²) < 4.78 is 11.6. The summed E-state index contributed by atoms with van der Waals surface area (Å²) in [4.78, 5) is 12.7. The molecular weight excluding hydrogens is 344 g/mol. The SMILES string of the molecule is COC(=O)[C@]1(C)CCC[C@@]2(C)[C@H]3C[C@@H]4CO[C@@]3(CC[C@H]21)[C@H](O)[C@@]4(O)C(C)C. The number of ether oxygens (including phenoxy) is 2. The van der Waals surface area contributed by atoms with Crippen molar-refractivity contribution < 1.29 is 24.5 Å². The topological polar surface area (TPSA) is 76.0 Å². The lowest BCUT2D eigenvalue weighted by atomic mass is 9.39. The Bertz CT molecular complexity index is 634. The lowest BCUT2D eigenvalue weighted by Crippen LogP contribution is -2.78. The standard InChI is InChI=1S/C22H36O5/c1-13(2)22(25)14-11-16-19(3)8-6-9-20(4,18(24)26-5)15(19)7-10-21(16,17(22)23)27-12-14/h13-17,23,25H,6-12H2,1-5H3/t14-,15-,16-,17+,19-,20-,21-,22-/m1/s1. The molecule has 2 bridgehead atoms. The number of hydrogen-bond donors (Lipinski definition) is 2. The predicted octanol–water partition coefficient (Wildman–Crippen LogP) is 2.92. The largest absolute Gasteiger partial charge is 0.469 e. The molecule has 8 atom stereocenters. The van der Waals surface area contributed by atoms with Crippen LogP contribution in [0.15, 0.2) is 0 Å². The van der Waals surface area contributed by atoms with Gasteiger partial charge in [0.05, 0.1) is 19.1 Å². The molecule has 2 aliphatic heterocycles. The van der Waals surface area contributed by atoms with Gasteiger partial charge in [-0.1, -0.05) is 27.2 Å². The number of methoxy groups -OCH3 is 1. The average Bonchev–Trinajstić information content (AvgIpc) is 2.64. The Kier molecular flexibility index (Phi) is 4.32. The fourth-order valence-corrected chi connectivity index (χ4v) is 7.94. The summed E-state index contributed by atoms with van der Waals surface area (Å²) in [6, 6.07) is 0. The number of aliphatic hydroxyl groups excluding tert-OH is 1. The normalized spacial score (nSPS) is 54.4. The van der Waals surface area contributed by atoms with Crippen molar-refractivity contribution in [1.82, 2.24) is 0 Å². The maximum Gasteiger partial charge on any atom is 0.311 e. The molecule has 2 heterocycles. The van der Waals surface area contributed by atoms with Gasteiger partial charge in [-0.3, -0.25) is 4.79 Å². The molecule has 3 aliphatic carbocycles. The molecule has 5 aliphatic rings. The van der Waals surface area contributed by atoms with Gasteiger partial charge in [0.25, 0.3) is 0 Å². The van der Waals surface area contributed by atoms with Crippen LogP contribution in [-0.2, 0) is 14.3 Å². The van der Waals surface area contributed by atoms with Gasteiger partial charge in [0.1, 0.15) is 17.3 Å². The molecule has 0 aromatic heterocycles. The van der Waals surface area contributed by atoms with Crippen LogP contribution in [0, 0.1) is 34.5 Å². The fourth-order valence-electron chi connectivity index (χ4n) is 7.94. The van der Waals surface area contributed by atoms with Gasteiger partial charge in [-0.2, -0.15) is 0 Å². The maximum absolute atomic E-state index is 12.7. The van der Waals surface area contributed by atoms with E-state index in [1.165, 1.54) is 7.11 Å².